The van der Waals surface area contributed by atoms with Crippen LogP contribution in [0.4, 0.5) is 0 Å². The zero-order chi connectivity index (χ0) is 21.1. The number of hydrogen-bond acceptors (Lipinski definition) is 4. The molecule has 1 unspecified atom stereocenters. The van der Waals surface area contributed by atoms with Gasteiger partial charge in [0, 0.05) is 25.6 Å². The molecule has 1 saturated heterocycles. The van der Waals surface area contributed by atoms with Gasteiger partial charge in [0.15, 0.2) is 0 Å². The number of nitrogens with zero attached hydrogens (tertiary/aromatic N) is 2. The van der Waals surface area contributed by atoms with E-state index in [1.807, 2.05) is 36.1 Å². The summed E-state index contributed by atoms with van der Waals surface area (Å²) < 4.78 is 32.6. The number of carbonyl (C=O) groups excluding carboxylic acids is 1. The first-order valence-electron chi connectivity index (χ1n) is 10.9. The summed E-state index contributed by atoms with van der Waals surface area (Å²) in [7, 11) is -3.42. The van der Waals surface area contributed by atoms with Crippen molar-refractivity contribution in [2.45, 2.75) is 68.8 Å². The number of furan rings is 1. The zero-order valence-corrected chi connectivity index (χ0v) is 18.3. The van der Waals surface area contributed by atoms with Crippen LogP contribution in [0.15, 0.2) is 52.0 Å². The highest BCUT2D eigenvalue weighted by Crippen LogP contribution is 2.35. The minimum absolute atomic E-state index is 0.0722. The van der Waals surface area contributed by atoms with Gasteiger partial charge in [0.2, 0.25) is 15.9 Å². The molecule has 0 bridgehead atoms. The summed E-state index contributed by atoms with van der Waals surface area (Å²) in [4.78, 5) is 15.2. The number of benzene rings is 1. The van der Waals surface area contributed by atoms with Crippen LogP contribution < -0.4 is 0 Å². The van der Waals surface area contributed by atoms with E-state index in [0.717, 1.165) is 43.4 Å². The molecule has 4 rings (SSSR count). The number of rotatable bonds is 8. The van der Waals surface area contributed by atoms with Gasteiger partial charge in [0.1, 0.15) is 5.76 Å². The van der Waals surface area contributed by atoms with Gasteiger partial charge in [-0.15, -0.1) is 0 Å². The van der Waals surface area contributed by atoms with E-state index in [4.69, 9.17) is 4.42 Å². The van der Waals surface area contributed by atoms with Crippen molar-refractivity contribution in [3.8, 4) is 0 Å². The lowest BCUT2D eigenvalue weighted by molar-refractivity contribution is -0.134. The summed E-state index contributed by atoms with van der Waals surface area (Å²) in [5.41, 5.74) is 0.974. The molecule has 30 heavy (non-hydrogen) atoms. The predicted molar refractivity (Wildman–Crippen MR) is 114 cm³/mol. The Labute approximate surface area is 178 Å². The van der Waals surface area contributed by atoms with Crippen molar-refractivity contribution in [3.63, 3.8) is 0 Å². The molecule has 1 aliphatic heterocycles. The van der Waals surface area contributed by atoms with Gasteiger partial charge in [-0.2, -0.15) is 4.31 Å². The van der Waals surface area contributed by atoms with Crippen LogP contribution in [0.1, 0.15) is 62.8 Å². The smallest absolute Gasteiger partial charge is 0.243 e. The van der Waals surface area contributed by atoms with Gasteiger partial charge >= 0.3 is 0 Å². The van der Waals surface area contributed by atoms with Crippen LogP contribution in [0, 0.1) is 0 Å². The Balaban J connectivity index is 1.38. The van der Waals surface area contributed by atoms with E-state index in [9.17, 15) is 13.2 Å². The van der Waals surface area contributed by atoms with Crippen molar-refractivity contribution in [3.05, 3.63) is 54.0 Å². The van der Waals surface area contributed by atoms with Crippen LogP contribution in [0.3, 0.4) is 0 Å². The second-order valence-electron chi connectivity index (χ2n) is 8.33. The second-order valence-corrected chi connectivity index (χ2v) is 10.3. The maximum Gasteiger partial charge on any atom is 0.243 e. The van der Waals surface area contributed by atoms with E-state index < -0.39 is 10.0 Å². The highest BCUT2D eigenvalue weighted by molar-refractivity contribution is 7.89. The Morgan fingerprint density at radius 3 is 2.43 bits per heavy atom. The van der Waals surface area contributed by atoms with E-state index in [1.54, 1.807) is 22.7 Å². The third-order valence-electron chi connectivity index (χ3n) is 6.10. The largest absolute Gasteiger partial charge is 0.467 e. The molecular formula is C23H30N2O4S. The number of hydrogen-bond donors (Lipinski definition) is 0. The minimum atomic E-state index is -3.42. The average Bonchev–Trinajstić information content (AvgIpc) is 3.44. The second kappa shape index (κ2) is 8.94. The highest BCUT2D eigenvalue weighted by atomic mass is 32.2. The molecule has 162 valence electrons. The van der Waals surface area contributed by atoms with Crippen molar-refractivity contribution >= 4 is 15.9 Å². The van der Waals surface area contributed by atoms with E-state index >= 15 is 0 Å². The molecule has 7 heteroatoms. The lowest BCUT2D eigenvalue weighted by Gasteiger charge is -2.28. The molecule has 1 atom stereocenters. The van der Waals surface area contributed by atoms with Crippen LogP contribution in [-0.2, 0) is 21.2 Å². The van der Waals surface area contributed by atoms with Gasteiger partial charge in [0.25, 0.3) is 0 Å². The molecule has 6 nitrogen and oxygen atoms in total. The molecule has 1 aromatic carbocycles. The predicted octanol–water partition coefficient (Wildman–Crippen LogP) is 4.14. The zero-order valence-electron chi connectivity index (χ0n) is 17.5. The van der Waals surface area contributed by atoms with Gasteiger partial charge < -0.3 is 9.32 Å². The summed E-state index contributed by atoms with van der Waals surface area (Å²) in [5.74, 6) is 0.925. The molecule has 1 aromatic heterocycles. The van der Waals surface area contributed by atoms with Crippen molar-refractivity contribution in [1.82, 2.24) is 9.21 Å². The fraction of sp³-hybridized carbons (Fsp3) is 0.522. The first-order chi connectivity index (χ1) is 14.5. The van der Waals surface area contributed by atoms with E-state index in [1.165, 1.54) is 0 Å². The van der Waals surface area contributed by atoms with Gasteiger partial charge in [-0.1, -0.05) is 18.6 Å². The summed E-state index contributed by atoms with van der Waals surface area (Å²) in [6.07, 6.45) is 7.66. The van der Waals surface area contributed by atoms with Gasteiger partial charge in [0.05, 0.1) is 17.2 Å². The molecule has 0 spiro atoms. The molecule has 2 aliphatic rings. The van der Waals surface area contributed by atoms with Crippen molar-refractivity contribution in [1.29, 1.82) is 0 Å². The molecule has 1 amide bonds. The maximum absolute atomic E-state index is 12.9. The van der Waals surface area contributed by atoms with Gasteiger partial charge in [-0.3, -0.25) is 4.79 Å². The number of amides is 1. The fourth-order valence-corrected chi connectivity index (χ4v) is 5.73. The number of carbonyl (C=O) groups is 1. The van der Waals surface area contributed by atoms with Crippen LogP contribution >= 0.6 is 0 Å². The van der Waals surface area contributed by atoms with Crippen molar-refractivity contribution in [2.24, 2.45) is 0 Å². The normalized spacial score (nSPS) is 18.8. The van der Waals surface area contributed by atoms with E-state index in [-0.39, 0.29) is 11.9 Å². The Bertz CT molecular complexity index is 944. The molecular weight excluding hydrogens is 400 g/mol. The van der Waals surface area contributed by atoms with Crippen LogP contribution in [0.2, 0.25) is 0 Å². The monoisotopic (exact) mass is 430 g/mol. The van der Waals surface area contributed by atoms with Crippen LogP contribution in [0.5, 0.6) is 0 Å². The third kappa shape index (κ3) is 4.62. The average molecular weight is 431 g/mol. The third-order valence-corrected chi connectivity index (χ3v) is 8.02. The fourth-order valence-electron chi connectivity index (χ4n) is 4.22. The quantitative estimate of drug-likeness (QED) is 0.631. The first-order valence-corrected chi connectivity index (χ1v) is 12.3. The molecule has 2 fully saturated rings. The topological polar surface area (TPSA) is 70.8 Å². The highest BCUT2D eigenvalue weighted by Gasteiger charge is 2.36. The molecule has 1 aliphatic carbocycles. The molecule has 0 N–H and O–H groups in total. The van der Waals surface area contributed by atoms with Crippen LogP contribution in [0.25, 0.3) is 0 Å². The van der Waals surface area contributed by atoms with Gasteiger partial charge in [-0.25, -0.2) is 8.42 Å². The number of piperidine rings is 1. The molecule has 0 radical (unpaired) electrons. The Hall–Kier alpha value is -2.12. The Kier molecular flexibility index (Phi) is 6.29. The summed E-state index contributed by atoms with van der Waals surface area (Å²) in [6.45, 7) is 3.21. The van der Waals surface area contributed by atoms with Crippen molar-refractivity contribution < 1.29 is 17.6 Å². The standard InChI is InChI=1S/C23H30N2O4S/c1-18(22-6-5-17-29-22)25(20-10-11-20)23(26)14-9-19-7-12-21(13-8-19)30(27,28)24-15-3-2-4-16-24/h5-8,12-13,17-18,20H,2-4,9-11,14-16H2,1H3. The van der Waals surface area contributed by atoms with Crippen molar-refractivity contribution in [2.75, 3.05) is 13.1 Å². The Morgan fingerprint density at radius 2 is 1.83 bits per heavy atom. The molecule has 2 aromatic rings. The lowest BCUT2D eigenvalue weighted by atomic mass is 10.1. The lowest BCUT2D eigenvalue weighted by Crippen LogP contribution is -2.35. The Morgan fingerprint density at radius 1 is 1.13 bits per heavy atom. The first kappa shape index (κ1) is 21.1. The van der Waals surface area contributed by atoms with Gasteiger partial charge in [-0.05, 0) is 68.9 Å². The SMILES string of the molecule is CC(c1ccco1)N(C(=O)CCc1ccc(S(=O)(=O)N2CCCCC2)cc1)C1CC1. The van der Waals surface area contributed by atoms with E-state index in [0.29, 0.717) is 36.9 Å². The van der Waals surface area contributed by atoms with Crippen LogP contribution in [-0.4, -0.2) is 42.7 Å². The summed E-state index contributed by atoms with van der Waals surface area (Å²) >= 11 is 0. The summed E-state index contributed by atoms with van der Waals surface area (Å²) in [5, 5.41) is 0. The van der Waals surface area contributed by atoms with E-state index in [2.05, 4.69) is 0 Å². The minimum Gasteiger partial charge on any atom is -0.467 e. The number of aryl methyl sites for hydroxylation is 1. The molecule has 1 saturated carbocycles. The number of sulfonamides is 1. The molecule has 2 heterocycles. The summed E-state index contributed by atoms with van der Waals surface area (Å²) in [6, 6.07) is 11.0. The maximum atomic E-state index is 12.9.